The first-order valence-electron chi connectivity index (χ1n) is 5.00. The third-order valence-corrected chi connectivity index (χ3v) is 2.84. The Labute approximate surface area is 92.7 Å². The second-order valence-electron chi connectivity index (χ2n) is 3.95. The van der Waals surface area contributed by atoms with Crippen LogP contribution in [0.15, 0.2) is 18.3 Å². The SMILES string of the molecule is N#Cc1ncccc1NCC1(C(=O)O)CC1. The Kier molecular flexibility index (Phi) is 2.49. The summed E-state index contributed by atoms with van der Waals surface area (Å²) in [5.41, 5.74) is 0.254. The van der Waals surface area contributed by atoms with E-state index in [1.807, 2.05) is 6.07 Å². The van der Waals surface area contributed by atoms with Gasteiger partial charge in [0.15, 0.2) is 5.69 Å². The second kappa shape index (κ2) is 3.81. The first-order valence-corrected chi connectivity index (χ1v) is 5.00. The van der Waals surface area contributed by atoms with Gasteiger partial charge < -0.3 is 10.4 Å². The van der Waals surface area contributed by atoms with Gasteiger partial charge >= 0.3 is 5.97 Å². The van der Waals surface area contributed by atoms with Crippen molar-refractivity contribution in [2.24, 2.45) is 5.41 Å². The molecule has 0 aliphatic heterocycles. The summed E-state index contributed by atoms with van der Waals surface area (Å²) in [6.45, 7) is 0.350. The fraction of sp³-hybridized carbons (Fsp3) is 0.364. The molecule has 1 aromatic rings. The fourth-order valence-electron chi connectivity index (χ4n) is 1.52. The van der Waals surface area contributed by atoms with Crippen LogP contribution in [0.5, 0.6) is 0 Å². The Balaban J connectivity index is 2.06. The molecule has 1 aliphatic carbocycles. The van der Waals surface area contributed by atoms with E-state index in [2.05, 4.69) is 10.3 Å². The monoisotopic (exact) mass is 217 g/mol. The average molecular weight is 217 g/mol. The van der Waals surface area contributed by atoms with Gasteiger partial charge in [-0.2, -0.15) is 5.26 Å². The van der Waals surface area contributed by atoms with Gasteiger partial charge in [-0.05, 0) is 25.0 Å². The Bertz CT molecular complexity index is 461. The highest BCUT2D eigenvalue weighted by molar-refractivity contribution is 5.78. The molecule has 0 atom stereocenters. The summed E-state index contributed by atoms with van der Waals surface area (Å²) in [7, 11) is 0. The Hall–Kier alpha value is -2.09. The summed E-state index contributed by atoms with van der Waals surface area (Å²) >= 11 is 0. The molecule has 0 unspecified atom stereocenters. The van der Waals surface area contributed by atoms with Crippen molar-refractivity contribution < 1.29 is 9.90 Å². The van der Waals surface area contributed by atoms with Gasteiger partial charge in [-0.1, -0.05) is 0 Å². The standard InChI is InChI=1S/C11H11N3O2/c12-6-9-8(2-1-5-13-9)14-7-11(3-4-11)10(15)16/h1-2,5,14H,3-4,7H2,(H,15,16). The lowest BCUT2D eigenvalue weighted by molar-refractivity contribution is -0.142. The first-order chi connectivity index (χ1) is 7.68. The van der Waals surface area contributed by atoms with Gasteiger partial charge in [-0.25, -0.2) is 4.98 Å². The molecule has 1 saturated carbocycles. The van der Waals surface area contributed by atoms with Crippen molar-refractivity contribution in [2.45, 2.75) is 12.8 Å². The number of carboxylic acids is 1. The van der Waals surface area contributed by atoms with E-state index in [-0.39, 0.29) is 0 Å². The number of nitrogens with one attached hydrogen (secondary N) is 1. The molecule has 1 aromatic heterocycles. The summed E-state index contributed by atoms with van der Waals surface area (Å²) < 4.78 is 0. The predicted molar refractivity (Wildman–Crippen MR) is 56.7 cm³/mol. The van der Waals surface area contributed by atoms with Crippen molar-refractivity contribution in [2.75, 3.05) is 11.9 Å². The molecule has 0 saturated heterocycles. The molecule has 0 radical (unpaired) electrons. The molecule has 16 heavy (non-hydrogen) atoms. The highest BCUT2D eigenvalue weighted by atomic mass is 16.4. The number of rotatable bonds is 4. The van der Waals surface area contributed by atoms with Crippen molar-refractivity contribution in [1.29, 1.82) is 5.26 Å². The molecular weight excluding hydrogens is 206 g/mol. The summed E-state index contributed by atoms with van der Waals surface area (Å²) in [6, 6.07) is 5.40. The molecule has 1 aliphatic rings. The molecular formula is C11H11N3O2. The van der Waals surface area contributed by atoms with Crippen LogP contribution in [-0.4, -0.2) is 22.6 Å². The molecule has 0 amide bonds. The third kappa shape index (κ3) is 1.82. The zero-order valence-corrected chi connectivity index (χ0v) is 8.60. The molecule has 2 N–H and O–H groups in total. The molecule has 5 nitrogen and oxygen atoms in total. The van der Waals surface area contributed by atoms with E-state index in [1.54, 1.807) is 12.1 Å². The van der Waals surface area contributed by atoms with Crippen molar-refractivity contribution >= 4 is 11.7 Å². The van der Waals surface area contributed by atoms with E-state index in [1.165, 1.54) is 6.20 Å². The number of carboxylic acid groups (broad SMARTS) is 1. The van der Waals surface area contributed by atoms with Crippen LogP contribution in [-0.2, 0) is 4.79 Å². The summed E-state index contributed by atoms with van der Waals surface area (Å²) in [4.78, 5) is 14.8. The molecule has 1 fully saturated rings. The van der Waals surface area contributed by atoms with Crippen LogP contribution < -0.4 is 5.32 Å². The van der Waals surface area contributed by atoms with Gasteiger partial charge in [-0.15, -0.1) is 0 Å². The molecule has 0 spiro atoms. The van der Waals surface area contributed by atoms with Crippen LogP contribution in [0, 0.1) is 16.7 Å². The highest BCUT2D eigenvalue weighted by Crippen LogP contribution is 2.45. The molecule has 5 heteroatoms. The van der Waals surface area contributed by atoms with E-state index >= 15 is 0 Å². The molecule has 0 aromatic carbocycles. The zero-order chi connectivity index (χ0) is 11.6. The normalized spacial score (nSPS) is 16.2. The maximum atomic E-state index is 10.9. The van der Waals surface area contributed by atoms with Crippen molar-refractivity contribution in [3.05, 3.63) is 24.0 Å². The molecule has 2 rings (SSSR count). The van der Waals surface area contributed by atoms with E-state index < -0.39 is 11.4 Å². The number of hydrogen-bond donors (Lipinski definition) is 2. The third-order valence-electron chi connectivity index (χ3n) is 2.84. The number of nitriles is 1. The summed E-state index contributed by atoms with van der Waals surface area (Å²) in [6.07, 6.45) is 2.92. The van der Waals surface area contributed by atoms with Crippen LogP contribution in [0.25, 0.3) is 0 Å². The second-order valence-corrected chi connectivity index (χ2v) is 3.95. The van der Waals surface area contributed by atoms with Crippen molar-refractivity contribution in [3.8, 4) is 6.07 Å². The van der Waals surface area contributed by atoms with Crippen LogP contribution >= 0.6 is 0 Å². The minimum absolute atomic E-state index is 0.295. The largest absolute Gasteiger partial charge is 0.481 e. The molecule has 0 bridgehead atoms. The van der Waals surface area contributed by atoms with E-state index in [0.29, 0.717) is 30.8 Å². The molecule has 1 heterocycles. The van der Waals surface area contributed by atoms with E-state index in [9.17, 15) is 4.79 Å². The lowest BCUT2D eigenvalue weighted by Crippen LogP contribution is -2.24. The van der Waals surface area contributed by atoms with Crippen molar-refractivity contribution in [1.82, 2.24) is 4.98 Å². The number of aliphatic carboxylic acids is 1. The highest BCUT2D eigenvalue weighted by Gasteiger charge is 2.50. The number of aromatic nitrogens is 1. The van der Waals surface area contributed by atoms with Gasteiger partial charge in [0.2, 0.25) is 0 Å². The van der Waals surface area contributed by atoms with Crippen LogP contribution in [0.4, 0.5) is 5.69 Å². The number of hydrogen-bond acceptors (Lipinski definition) is 4. The Morgan fingerprint density at radius 1 is 1.69 bits per heavy atom. The smallest absolute Gasteiger partial charge is 0.311 e. The van der Waals surface area contributed by atoms with Crippen LogP contribution in [0.3, 0.4) is 0 Å². The minimum atomic E-state index is -0.776. The fourth-order valence-corrected chi connectivity index (χ4v) is 1.52. The Morgan fingerprint density at radius 3 is 3.00 bits per heavy atom. The van der Waals surface area contributed by atoms with Crippen LogP contribution in [0.1, 0.15) is 18.5 Å². The topological polar surface area (TPSA) is 86.0 Å². The molecule has 82 valence electrons. The Morgan fingerprint density at radius 2 is 2.44 bits per heavy atom. The van der Waals surface area contributed by atoms with Crippen molar-refractivity contribution in [3.63, 3.8) is 0 Å². The summed E-state index contributed by atoms with van der Waals surface area (Å²) in [5, 5.41) is 20.8. The van der Waals surface area contributed by atoms with E-state index in [4.69, 9.17) is 10.4 Å². The predicted octanol–water partition coefficient (Wildman–Crippen LogP) is 1.23. The van der Waals surface area contributed by atoms with Gasteiger partial charge in [0.05, 0.1) is 11.1 Å². The van der Waals surface area contributed by atoms with Crippen LogP contribution in [0.2, 0.25) is 0 Å². The van der Waals surface area contributed by atoms with Gasteiger partial charge in [-0.3, -0.25) is 4.79 Å². The number of anilines is 1. The number of nitrogens with zero attached hydrogens (tertiary/aromatic N) is 2. The summed E-state index contributed by atoms with van der Waals surface area (Å²) in [5.74, 6) is -0.776. The number of pyridine rings is 1. The quantitative estimate of drug-likeness (QED) is 0.792. The lowest BCUT2D eigenvalue weighted by Gasteiger charge is -2.12. The minimum Gasteiger partial charge on any atom is -0.481 e. The van der Waals surface area contributed by atoms with Gasteiger partial charge in [0, 0.05) is 12.7 Å². The number of carbonyl (C=O) groups is 1. The maximum Gasteiger partial charge on any atom is 0.311 e. The van der Waals surface area contributed by atoms with Gasteiger partial charge in [0.1, 0.15) is 6.07 Å². The lowest BCUT2D eigenvalue weighted by atomic mass is 10.1. The first kappa shape index (κ1) is 10.4. The van der Waals surface area contributed by atoms with E-state index in [0.717, 1.165) is 0 Å². The van der Waals surface area contributed by atoms with Gasteiger partial charge in [0.25, 0.3) is 0 Å². The zero-order valence-electron chi connectivity index (χ0n) is 8.60. The average Bonchev–Trinajstić information content (AvgIpc) is 3.08. The maximum absolute atomic E-state index is 10.9.